The van der Waals surface area contributed by atoms with Crippen molar-refractivity contribution < 1.29 is 0 Å². The molecule has 2 rings (SSSR count). The van der Waals surface area contributed by atoms with Gasteiger partial charge in [0, 0.05) is 24.7 Å². The number of piperidine rings is 1. The molecule has 1 unspecified atom stereocenters. The Balaban J connectivity index is 1.96. The fourth-order valence-electron chi connectivity index (χ4n) is 2.92. The van der Waals surface area contributed by atoms with Crippen molar-refractivity contribution in [1.29, 1.82) is 0 Å². The molecular formula is C15H25N3. The van der Waals surface area contributed by atoms with E-state index in [9.17, 15) is 0 Å². The fraction of sp³-hybridized carbons (Fsp3) is 0.667. The number of rotatable bonds is 5. The summed E-state index contributed by atoms with van der Waals surface area (Å²) < 4.78 is 0. The normalized spacial score (nSPS) is 23.9. The molecule has 3 heteroatoms. The molecule has 2 heterocycles. The van der Waals surface area contributed by atoms with Crippen molar-refractivity contribution >= 4 is 5.82 Å². The zero-order chi connectivity index (χ0) is 12.8. The summed E-state index contributed by atoms with van der Waals surface area (Å²) in [6, 6.07) is 4.16. The van der Waals surface area contributed by atoms with Crippen LogP contribution in [0.2, 0.25) is 0 Å². The van der Waals surface area contributed by atoms with E-state index in [1.165, 1.54) is 37.8 Å². The molecule has 1 saturated heterocycles. The third-order valence-electron chi connectivity index (χ3n) is 3.90. The molecule has 0 bridgehead atoms. The molecule has 1 fully saturated rings. The summed E-state index contributed by atoms with van der Waals surface area (Å²) in [5.74, 6) is 1.01. The van der Waals surface area contributed by atoms with Gasteiger partial charge in [-0.15, -0.1) is 0 Å². The van der Waals surface area contributed by atoms with Gasteiger partial charge in [0.25, 0.3) is 0 Å². The molecule has 0 aliphatic carbocycles. The molecule has 1 aromatic rings. The Morgan fingerprint density at radius 3 is 3.06 bits per heavy atom. The predicted molar refractivity (Wildman–Crippen MR) is 76.9 cm³/mol. The van der Waals surface area contributed by atoms with Gasteiger partial charge in [-0.2, -0.15) is 0 Å². The summed E-state index contributed by atoms with van der Waals surface area (Å²) in [6.07, 6.45) is 7.04. The lowest BCUT2D eigenvalue weighted by atomic mass is 9.77. The summed E-state index contributed by atoms with van der Waals surface area (Å²) in [4.78, 5) is 4.38. The van der Waals surface area contributed by atoms with Crippen molar-refractivity contribution in [2.24, 2.45) is 5.41 Å². The van der Waals surface area contributed by atoms with Crippen molar-refractivity contribution in [2.75, 3.05) is 25.0 Å². The van der Waals surface area contributed by atoms with E-state index in [4.69, 9.17) is 0 Å². The molecule has 0 radical (unpaired) electrons. The van der Waals surface area contributed by atoms with Crippen molar-refractivity contribution in [2.45, 2.75) is 39.5 Å². The van der Waals surface area contributed by atoms with Crippen LogP contribution in [0.3, 0.4) is 0 Å². The maximum Gasteiger partial charge on any atom is 0.126 e. The molecule has 1 aliphatic rings. The highest BCUT2D eigenvalue weighted by Crippen LogP contribution is 2.31. The number of hydrogen-bond acceptors (Lipinski definition) is 3. The molecule has 1 aliphatic heterocycles. The Morgan fingerprint density at radius 1 is 1.50 bits per heavy atom. The third kappa shape index (κ3) is 3.45. The number of nitrogens with zero attached hydrogens (tertiary/aromatic N) is 1. The lowest BCUT2D eigenvalue weighted by Crippen LogP contribution is -2.44. The van der Waals surface area contributed by atoms with Crippen molar-refractivity contribution in [1.82, 2.24) is 10.3 Å². The first-order chi connectivity index (χ1) is 8.74. The smallest absolute Gasteiger partial charge is 0.126 e. The number of hydrogen-bond donors (Lipinski definition) is 2. The first-order valence-electron chi connectivity index (χ1n) is 7.11. The Kier molecular flexibility index (Phi) is 4.59. The largest absolute Gasteiger partial charge is 0.369 e. The zero-order valence-electron chi connectivity index (χ0n) is 11.6. The highest BCUT2D eigenvalue weighted by Gasteiger charge is 2.30. The van der Waals surface area contributed by atoms with Crippen molar-refractivity contribution in [3.05, 3.63) is 23.9 Å². The van der Waals surface area contributed by atoms with Crippen molar-refractivity contribution in [3.8, 4) is 0 Å². The van der Waals surface area contributed by atoms with Crippen LogP contribution in [-0.2, 0) is 0 Å². The predicted octanol–water partition coefficient (Wildman–Crippen LogP) is 2.97. The Morgan fingerprint density at radius 2 is 2.39 bits per heavy atom. The Labute approximate surface area is 110 Å². The second-order valence-corrected chi connectivity index (χ2v) is 5.60. The quantitative estimate of drug-likeness (QED) is 0.840. The monoisotopic (exact) mass is 247 g/mol. The van der Waals surface area contributed by atoms with Crippen LogP contribution < -0.4 is 10.6 Å². The maximum atomic E-state index is 4.38. The van der Waals surface area contributed by atoms with E-state index in [0.29, 0.717) is 5.41 Å². The molecule has 1 atom stereocenters. The van der Waals surface area contributed by atoms with Crippen LogP contribution in [0.5, 0.6) is 0 Å². The molecule has 100 valence electrons. The topological polar surface area (TPSA) is 37.0 Å². The summed E-state index contributed by atoms with van der Waals surface area (Å²) in [5, 5.41) is 7.08. The van der Waals surface area contributed by atoms with Gasteiger partial charge in [0.1, 0.15) is 5.82 Å². The fourth-order valence-corrected chi connectivity index (χ4v) is 2.92. The second-order valence-electron chi connectivity index (χ2n) is 5.60. The van der Waals surface area contributed by atoms with Gasteiger partial charge in [-0.1, -0.05) is 13.3 Å². The minimum Gasteiger partial charge on any atom is -0.369 e. The highest BCUT2D eigenvalue weighted by molar-refractivity contribution is 5.37. The van der Waals surface area contributed by atoms with Gasteiger partial charge >= 0.3 is 0 Å². The first-order valence-corrected chi connectivity index (χ1v) is 7.11. The lowest BCUT2D eigenvalue weighted by molar-refractivity contribution is 0.206. The van der Waals surface area contributed by atoms with Gasteiger partial charge in [0.05, 0.1) is 0 Å². The standard InChI is InChI=1S/C15H25N3/c1-3-6-15(7-4-8-16-11-15)12-18-14-10-13(2)5-9-17-14/h5,9-10,16H,3-4,6-8,11-12H2,1-2H3,(H,17,18). The Bertz CT molecular complexity index is 364. The average Bonchev–Trinajstić information content (AvgIpc) is 2.38. The van der Waals surface area contributed by atoms with Gasteiger partial charge in [-0.25, -0.2) is 4.98 Å². The van der Waals surface area contributed by atoms with Gasteiger partial charge < -0.3 is 10.6 Å². The lowest BCUT2D eigenvalue weighted by Gasteiger charge is -2.38. The number of nitrogens with one attached hydrogen (secondary N) is 2. The Hall–Kier alpha value is -1.09. The minimum atomic E-state index is 0.415. The average molecular weight is 247 g/mol. The number of anilines is 1. The summed E-state index contributed by atoms with van der Waals surface area (Å²) in [7, 11) is 0. The van der Waals surface area contributed by atoms with Crippen LogP contribution in [0.15, 0.2) is 18.3 Å². The van der Waals surface area contributed by atoms with Gasteiger partial charge in [-0.3, -0.25) is 0 Å². The minimum absolute atomic E-state index is 0.415. The van der Waals surface area contributed by atoms with E-state index in [1.807, 2.05) is 12.3 Å². The molecule has 3 nitrogen and oxygen atoms in total. The molecule has 2 N–H and O–H groups in total. The van der Waals surface area contributed by atoms with Crippen LogP contribution in [0.4, 0.5) is 5.82 Å². The summed E-state index contributed by atoms with van der Waals surface area (Å²) in [6.45, 7) is 7.73. The van der Waals surface area contributed by atoms with E-state index in [1.54, 1.807) is 0 Å². The third-order valence-corrected chi connectivity index (χ3v) is 3.90. The van der Waals surface area contributed by atoms with Crippen LogP contribution in [0.25, 0.3) is 0 Å². The molecule has 1 aromatic heterocycles. The molecule has 0 amide bonds. The van der Waals surface area contributed by atoms with Crippen LogP contribution >= 0.6 is 0 Å². The highest BCUT2D eigenvalue weighted by atomic mass is 15.0. The molecule has 0 saturated carbocycles. The summed E-state index contributed by atoms with van der Waals surface area (Å²) >= 11 is 0. The van der Waals surface area contributed by atoms with E-state index in [-0.39, 0.29) is 0 Å². The molecule has 18 heavy (non-hydrogen) atoms. The van der Waals surface area contributed by atoms with Gasteiger partial charge in [-0.05, 0) is 50.4 Å². The number of pyridine rings is 1. The number of aryl methyl sites for hydroxylation is 1. The van der Waals surface area contributed by atoms with Crippen LogP contribution in [0, 0.1) is 12.3 Å². The van der Waals surface area contributed by atoms with E-state index < -0.39 is 0 Å². The molecule has 0 aromatic carbocycles. The molecular weight excluding hydrogens is 222 g/mol. The second kappa shape index (κ2) is 6.19. The van der Waals surface area contributed by atoms with E-state index >= 15 is 0 Å². The van der Waals surface area contributed by atoms with E-state index in [2.05, 4.69) is 35.5 Å². The van der Waals surface area contributed by atoms with Gasteiger partial charge in [0.2, 0.25) is 0 Å². The van der Waals surface area contributed by atoms with Gasteiger partial charge in [0.15, 0.2) is 0 Å². The summed E-state index contributed by atoms with van der Waals surface area (Å²) in [5.41, 5.74) is 1.68. The van der Waals surface area contributed by atoms with E-state index in [0.717, 1.165) is 18.9 Å². The SMILES string of the molecule is CCCC1(CNc2cc(C)ccn2)CCCNC1. The van der Waals surface area contributed by atoms with Crippen molar-refractivity contribution in [3.63, 3.8) is 0 Å². The maximum absolute atomic E-state index is 4.38. The van der Waals surface area contributed by atoms with Crippen LogP contribution in [0.1, 0.15) is 38.2 Å². The zero-order valence-corrected chi connectivity index (χ0v) is 11.6. The molecule has 0 spiro atoms. The van der Waals surface area contributed by atoms with Crippen LogP contribution in [-0.4, -0.2) is 24.6 Å². The number of aromatic nitrogens is 1. The first kappa shape index (κ1) is 13.3.